The number of carbonyl (C=O) groups excluding carboxylic acids is 1. The number of benzene rings is 4. The van der Waals surface area contributed by atoms with Gasteiger partial charge in [0.25, 0.3) is 0 Å². The molecule has 4 aromatic rings. The summed E-state index contributed by atoms with van der Waals surface area (Å²) in [5.74, 6) is -1.50. The van der Waals surface area contributed by atoms with E-state index in [9.17, 15) is 23.1 Å². The lowest BCUT2D eigenvalue weighted by atomic mass is 10.1. The number of hydrogen-bond acceptors (Lipinski definition) is 3. The first-order chi connectivity index (χ1) is 15.8. The van der Waals surface area contributed by atoms with Gasteiger partial charge in [0.1, 0.15) is 17.1 Å². The van der Waals surface area contributed by atoms with E-state index < -0.39 is 34.4 Å². The van der Waals surface area contributed by atoms with Crippen LogP contribution in [0.15, 0.2) is 118 Å². The minimum Gasteiger partial charge on any atom is -0.507 e. The monoisotopic (exact) mass is 468 g/mol. The van der Waals surface area contributed by atoms with Gasteiger partial charge in [-0.2, -0.15) is 24.1 Å². The standard InChI is InChI=1S/C26H19F3O3S/c27-26(28,29)18-14-15-23(24(30)16-18)25(31)32-19-8-7-13-22(17-19)33(20-9-3-1-4-10-20)21-11-5-2-6-12-21/h1-17,30,33H. The third-order valence-corrected chi connectivity index (χ3v) is 7.28. The number of phenolic OH excluding ortho intramolecular Hbond substituents is 1. The van der Waals surface area contributed by atoms with Gasteiger partial charge in [-0.1, -0.05) is 42.5 Å². The summed E-state index contributed by atoms with van der Waals surface area (Å²) in [5, 5.41) is 9.95. The Bertz CT molecular complexity index is 1220. The summed E-state index contributed by atoms with van der Waals surface area (Å²) in [7, 11) is -0.931. The van der Waals surface area contributed by atoms with Crippen molar-refractivity contribution < 1.29 is 27.8 Å². The molecule has 0 radical (unpaired) electrons. The van der Waals surface area contributed by atoms with E-state index in [1.165, 1.54) is 0 Å². The fourth-order valence-electron chi connectivity index (χ4n) is 3.33. The first-order valence-corrected chi connectivity index (χ1v) is 11.3. The Hall–Kier alpha value is -3.71. The van der Waals surface area contributed by atoms with Crippen molar-refractivity contribution in [2.24, 2.45) is 0 Å². The Morgan fingerprint density at radius 2 is 1.30 bits per heavy atom. The van der Waals surface area contributed by atoms with Crippen LogP contribution in [0.2, 0.25) is 0 Å². The summed E-state index contributed by atoms with van der Waals surface area (Å²) in [6, 6.07) is 29.1. The van der Waals surface area contributed by atoms with Crippen LogP contribution in [0.4, 0.5) is 13.2 Å². The van der Waals surface area contributed by atoms with Crippen molar-refractivity contribution in [2.75, 3.05) is 0 Å². The second-order valence-electron chi connectivity index (χ2n) is 7.12. The van der Waals surface area contributed by atoms with E-state index in [4.69, 9.17) is 4.74 Å². The Labute approximate surface area is 191 Å². The molecule has 0 bridgehead atoms. The van der Waals surface area contributed by atoms with Crippen LogP contribution in [-0.2, 0) is 6.18 Å². The molecule has 0 heterocycles. The summed E-state index contributed by atoms with van der Waals surface area (Å²) in [6.07, 6.45) is -4.62. The molecular weight excluding hydrogens is 449 g/mol. The number of alkyl halides is 3. The van der Waals surface area contributed by atoms with Gasteiger partial charge in [0, 0.05) is 0 Å². The number of thiol groups is 1. The van der Waals surface area contributed by atoms with Crippen LogP contribution in [0.1, 0.15) is 15.9 Å². The van der Waals surface area contributed by atoms with E-state index in [1.807, 2.05) is 66.7 Å². The molecule has 33 heavy (non-hydrogen) atoms. The van der Waals surface area contributed by atoms with Crippen LogP contribution in [0, 0.1) is 0 Å². The summed E-state index contributed by atoms with van der Waals surface area (Å²) < 4.78 is 43.9. The maximum absolute atomic E-state index is 12.8. The SMILES string of the molecule is O=C(Oc1cccc([SH](c2ccccc2)c2ccccc2)c1)c1ccc(C(F)(F)F)cc1O. The Morgan fingerprint density at radius 3 is 1.85 bits per heavy atom. The van der Waals surface area contributed by atoms with Crippen LogP contribution in [0.25, 0.3) is 0 Å². The summed E-state index contributed by atoms with van der Waals surface area (Å²) >= 11 is 0. The molecule has 0 saturated heterocycles. The Kier molecular flexibility index (Phi) is 6.42. The van der Waals surface area contributed by atoms with Gasteiger partial charge in [-0.15, -0.1) is 0 Å². The summed E-state index contributed by atoms with van der Waals surface area (Å²) in [4.78, 5) is 15.7. The van der Waals surface area contributed by atoms with Crippen LogP contribution in [-0.4, -0.2) is 11.1 Å². The highest BCUT2D eigenvalue weighted by Crippen LogP contribution is 2.51. The second-order valence-corrected chi connectivity index (χ2v) is 9.34. The first-order valence-electron chi connectivity index (χ1n) is 9.95. The average molecular weight is 468 g/mol. The molecule has 0 fully saturated rings. The third kappa shape index (κ3) is 5.21. The number of halogens is 3. The van der Waals surface area contributed by atoms with Crippen molar-refractivity contribution >= 4 is 16.9 Å². The molecule has 0 aliphatic carbocycles. The van der Waals surface area contributed by atoms with Crippen molar-refractivity contribution in [3.8, 4) is 11.5 Å². The van der Waals surface area contributed by atoms with Crippen LogP contribution < -0.4 is 4.74 Å². The Balaban J connectivity index is 1.64. The second kappa shape index (κ2) is 9.42. The topological polar surface area (TPSA) is 46.5 Å². The van der Waals surface area contributed by atoms with E-state index in [0.29, 0.717) is 6.07 Å². The molecule has 1 N–H and O–H groups in total. The van der Waals surface area contributed by atoms with Gasteiger partial charge < -0.3 is 9.84 Å². The molecule has 4 rings (SSSR count). The predicted molar refractivity (Wildman–Crippen MR) is 121 cm³/mol. The van der Waals surface area contributed by atoms with Gasteiger partial charge >= 0.3 is 12.1 Å². The molecule has 4 aromatic carbocycles. The van der Waals surface area contributed by atoms with Crippen molar-refractivity contribution in [3.63, 3.8) is 0 Å². The number of aromatic hydroxyl groups is 1. The molecule has 0 aromatic heterocycles. The van der Waals surface area contributed by atoms with Crippen molar-refractivity contribution in [2.45, 2.75) is 20.9 Å². The predicted octanol–water partition coefficient (Wildman–Crippen LogP) is 7.11. The van der Waals surface area contributed by atoms with E-state index in [0.717, 1.165) is 26.8 Å². The lowest BCUT2D eigenvalue weighted by Gasteiger charge is -2.23. The van der Waals surface area contributed by atoms with E-state index >= 15 is 0 Å². The summed E-state index contributed by atoms with van der Waals surface area (Å²) in [5.41, 5.74) is -1.39. The maximum atomic E-state index is 12.8. The van der Waals surface area contributed by atoms with Gasteiger partial charge in [-0.25, -0.2) is 4.79 Å². The molecule has 0 atom stereocenters. The lowest BCUT2D eigenvalue weighted by molar-refractivity contribution is -0.137. The smallest absolute Gasteiger partial charge is 0.416 e. The minimum atomic E-state index is -4.62. The minimum absolute atomic E-state index is 0.233. The normalized spacial score (nSPS) is 11.7. The molecule has 0 unspecified atom stereocenters. The molecular formula is C26H19F3O3S. The van der Waals surface area contributed by atoms with Crippen LogP contribution >= 0.6 is 10.9 Å². The van der Waals surface area contributed by atoms with Crippen molar-refractivity contribution in [1.82, 2.24) is 0 Å². The molecule has 168 valence electrons. The van der Waals surface area contributed by atoms with E-state index in [2.05, 4.69) is 0 Å². The van der Waals surface area contributed by atoms with Gasteiger partial charge in [0.2, 0.25) is 0 Å². The van der Waals surface area contributed by atoms with Gasteiger partial charge in [-0.3, -0.25) is 0 Å². The number of esters is 1. The zero-order chi connectivity index (χ0) is 23.4. The zero-order valence-corrected chi connectivity index (χ0v) is 18.1. The third-order valence-electron chi connectivity index (χ3n) is 4.86. The molecule has 0 amide bonds. The number of rotatable bonds is 5. The van der Waals surface area contributed by atoms with Crippen LogP contribution in [0.5, 0.6) is 11.5 Å². The summed E-state index contributed by atoms with van der Waals surface area (Å²) in [6.45, 7) is 0. The lowest BCUT2D eigenvalue weighted by Crippen LogP contribution is -2.11. The van der Waals surface area contributed by atoms with Gasteiger partial charge in [0.05, 0.1) is 5.56 Å². The Morgan fingerprint density at radius 1 is 0.727 bits per heavy atom. The van der Waals surface area contributed by atoms with Crippen LogP contribution in [0.3, 0.4) is 0 Å². The van der Waals surface area contributed by atoms with E-state index in [-0.39, 0.29) is 11.3 Å². The maximum Gasteiger partial charge on any atom is 0.416 e. The van der Waals surface area contributed by atoms with Crippen molar-refractivity contribution in [1.29, 1.82) is 0 Å². The number of hydrogen-bond donors (Lipinski definition) is 2. The number of ether oxygens (including phenoxy) is 1. The number of carbonyl (C=O) groups is 1. The highest BCUT2D eigenvalue weighted by Gasteiger charge is 2.31. The molecule has 0 aliphatic heterocycles. The first kappa shape index (κ1) is 22.5. The van der Waals surface area contributed by atoms with Gasteiger partial charge in [0.15, 0.2) is 0 Å². The van der Waals surface area contributed by atoms with E-state index in [1.54, 1.807) is 18.2 Å². The fourth-order valence-corrected chi connectivity index (χ4v) is 5.66. The van der Waals surface area contributed by atoms with Crippen molar-refractivity contribution in [3.05, 3.63) is 114 Å². The molecule has 3 nitrogen and oxygen atoms in total. The molecule has 0 spiro atoms. The fraction of sp³-hybridized carbons (Fsp3) is 0.0385. The average Bonchev–Trinajstić information content (AvgIpc) is 2.80. The zero-order valence-electron chi connectivity index (χ0n) is 17.2. The highest BCUT2D eigenvalue weighted by atomic mass is 32.2. The molecule has 7 heteroatoms. The molecule has 0 aliphatic rings. The number of phenols is 1. The largest absolute Gasteiger partial charge is 0.507 e. The molecule has 0 saturated carbocycles. The van der Waals surface area contributed by atoms with Gasteiger partial charge in [-0.05, 0) is 75.4 Å². The highest BCUT2D eigenvalue weighted by molar-refractivity contribution is 8.17. The quantitative estimate of drug-likeness (QED) is 0.186.